The fourth-order valence-corrected chi connectivity index (χ4v) is 3.61. The molecule has 1 N–H and O–H groups in total. The van der Waals surface area contributed by atoms with Gasteiger partial charge in [0, 0.05) is 12.7 Å². The molecule has 0 aliphatic carbocycles. The van der Waals surface area contributed by atoms with Crippen molar-refractivity contribution in [3.05, 3.63) is 46.6 Å². The number of nitrogens with one attached hydrogen (secondary N) is 1. The molecule has 2 amide bonds. The summed E-state index contributed by atoms with van der Waals surface area (Å²) in [5.41, 5.74) is 0.794. The normalized spacial score (nSPS) is 16.9. The first-order valence-electron chi connectivity index (χ1n) is 8.02. The van der Waals surface area contributed by atoms with Crippen LogP contribution in [0.15, 0.2) is 41.0 Å². The topological polar surface area (TPSA) is 97.2 Å². The first-order valence-corrected chi connectivity index (χ1v) is 8.90. The van der Waals surface area contributed by atoms with E-state index in [0.29, 0.717) is 21.6 Å². The van der Waals surface area contributed by atoms with Gasteiger partial charge < -0.3 is 10.2 Å². The van der Waals surface area contributed by atoms with Crippen LogP contribution in [0.2, 0.25) is 0 Å². The molecular weight excluding hydrogens is 354 g/mol. The van der Waals surface area contributed by atoms with Crippen LogP contribution in [0.25, 0.3) is 10.2 Å². The van der Waals surface area contributed by atoms with E-state index in [0.717, 1.165) is 0 Å². The van der Waals surface area contributed by atoms with E-state index in [4.69, 9.17) is 0 Å². The molecule has 0 saturated heterocycles. The molecule has 0 radical (unpaired) electrons. The molecule has 9 heteroatoms. The van der Waals surface area contributed by atoms with Crippen LogP contribution in [0.5, 0.6) is 0 Å². The Bertz CT molecular complexity index is 1070. The Morgan fingerprint density at radius 2 is 2.23 bits per heavy atom. The summed E-state index contributed by atoms with van der Waals surface area (Å²) in [4.78, 5) is 48.0. The van der Waals surface area contributed by atoms with E-state index < -0.39 is 0 Å². The van der Waals surface area contributed by atoms with Crippen LogP contribution in [0.1, 0.15) is 6.92 Å². The van der Waals surface area contributed by atoms with Gasteiger partial charge in [0.2, 0.25) is 11.8 Å². The third-order valence-electron chi connectivity index (χ3n) is 4.31. The number of aromatic nitrogens is 3. The summed E-state index contributed by atoms with van der Waals surface area (Å²) in [5.74, 6) is -0.854. The van der Waals surface area contributed by atoms with Gasteiger partial charge in [0.05, 0.1) is 35.2 Å². The summed E-state index contributed by atoms with van der Waals surface area (Å²) in [6, 6.07) is 3.35. The van der Waals surface area contributed by atoms with E-state index in [-0.39, 0.29) is 36.4 Å². The molecular formula is C17H15N5O3S. The Hall–Kier alpha value is -3.07. The summed E-state index contributed by atoms with van der Waals surface area (Å²) in [5, 5.41) is 5.09. The van der Waals surface area contributed by atoms with Crippen LogP contribution in [-0.2, 0) is 16.1 Å². The van der Waals surface area contributed by atoms with Crippen LogP contribution < -0.4 is 15.8 Å². The van der Waals surface area contributed by atoms with Crippen molar-refractivity contribution < 1.29 is 9.59 Å². The van der Waals surface area contributed by atoms with Crippen molar-refractivity contribution in [3.8, 4) is 0 Å². The Kier molecular flexibility index (Phi) is 4.00. The summed E-state index contributed by atoms with van der Waals surface area (Å²) >= 11 is 1.38. The molecule has 0 bridgehead atoms. The first-order chi connectivity index (χ1) is 12.5. The number of pyridine rings is 1. The summed E-state index contributed by atoms with van der Waals surface area (Å²) in [6.45, 7) is 1.80. The predicted molar refractivity (Wildman–Crippen MR) is 98.3 cm³/mol. The number of hydrogen-bond donors (Lipinski definition) is 1. The highest BCUT2D eigenvalue weighted by Gasteiger charge is 2.29. The molecule has 3 aromatic heterocycles. The van der Waals surface area contributed by atoms with Crippen molar-refractivity contribution in [3.63, 3.8) is 0 Å². The Morgan fingerprint density at radius 1 is 1.38 bits per heavy atom. The standard InChI is InChI=1S/C17H15N5O3S/c1-10-7-22(13-6-18-4-2-12(13)20-15(10)24)14(23)8-21-9-19-16-11(17(21)25)3-5-26-16/h2-6,9-10H,7-8H2,1H3,(H,20,24). The number of carbonyl (C=O) groups excluding carboxylic acids is 2. The highest BCUT2D eigenvalue weighted by atomic mass is 32.1. The minimum Gasteiger partial charge on any atom is -0.324 e. The van der Waals surface area contributed by atoms with Gasteiger partial charge in [-0.05, 0) is 17.5 Å². The van der Waals surface area contributed by atoms with E-state index in [2.05, 4.69) is 15.3 Å². The van der Waals surface area contributed by atoms with E-state index >= 15 is 0 Å². The zero-order valence-electron chi connectivity index (χ0n) is 13.9. The van der Waals surface area contributed by atoms with Crippen molar-refractivity contribution in [2.75, 3.05) is 16.8 Å². The molecule has 0 fully saturated rings. The lowest BCUT2D eigenvalue weighted by Crippen LogP contribution is -2.39. The molecule has 3 aromatic rings. The molecule has 4 rings (SSSR count). The maximum absolute atomic E-state index is 12.9. The van der Waals surface area contributed by atoms with Crippen molar-refractivity contribution in [1.82, 2.24) is 14.5 Å². The Morgan fingerprint density at radius 3 is 3.08 bits per heavy atom. The molecule has 8 nitrogen and oxygen atoms in total. The number of fused-ring (bicyclic) bond motifs is 2. The van der Waals surface area contributed by atoms with Crippen LogP contribution in [0, 0.1) is 5.92 Å². The van der Waals surface area contributed by atoms with Gasteiger partial charge in [-0.2, -0.15) is 0 Å². The lowest BCUT2D eigenvalue weighted by atomic mass is 10.1. The van der Waals surface area contributed by atoms with Crippen molar-refractivity contribution >= 4 is 44.7 Å². The molecule has 4 heterocycles. The number of amides is 2. The number of carbonyl (C=O) groups is 2. The highest BCUT2D eigenvalue weighted by molar-refractivity contribution is 7.16. The molecule has 1 atom stereocenters. The second-order valence-corrected chi connectivity index (χ2v) is 7.00. The monoisotopic (exact) mass is 369 g/mol. The quantitative estimate of drug-likeness (QED) is 0.738. The third kappa shape index (κ3) is 2.76. The molecule has 1 unspecified atom stereocenters. The Balaban J connectivity index is 1.69. The zero-order valence-corrected chi connectivity index (χ0v) is 14.7. The van der Waals surface area contributed by atoms with E-state index in [9.17, 15) is 14.4 Å². The third-order valence-corrected chi connectivity index (χ3v) is 5.13. The van der Waals surface area contributed by atoms with Gasteiger partial charge >= 0.3 is 0 Å². The molecule has 132 valence electrons. The minimum atomic E-state index is -0.388. The predicted octanol–water partition coefficient (Wildman–Crippen LogP) is 1.47. The summed E-state index contributed by atoms with van der Waals surface area (Å²) < 4.78 is 1.29. The van der Waals surface area contributed by atoms with Gasteiger partial charge in [-0.1, -0.05) is 6.92 Å². The number of rotatable bonds is 2. The van der Waals surface area contributed by atoms with Gasteiger partial charge in [0.1, 0.15) is 11.4 Å². The second-order valence-electron chi connectivity index (χ2n) is 6.10. The fourth-order valence-electron chi connectivity index (χ4n) is 2.89. The summed E-state index contributed by atoms with van der Waals surface area (Å²) in [7, 11) is 0. The van der Waals surface area contributed by atoms with Gasteiger partial charge in [0.15, 0.2) is 0 Å². The molecule has 0 saturated carbocycles. The van der Waals surface area contributed by atoms with Gasteiger partial charge in [-0.3, -0.25) is 23.9 Å². The van der Waals surface area contributed by atoms with Crippen LogP contribution in [0.3, 0.4) is 0 Å². The van der Waals surface area contributed by atoms with Gasteiger partial charge in [-0.15, -0.1) is 11.3 Å². The lowest BCUT2D eigenvalue weighted by molar-refractivity contribution is -0.120. The molecule has 0 spiro atoms. The highest BCUT2D eigenvalue weighted by Crippen LogP contribution is 2.29. The summed E-state index contributed by atoms with van der Waals surface area (Å²) in [6.07, 6.45) is 4.47. The SMILES string of the molecule is CC1CN(C(=O)Cn2cnc3sccc3c2=O)c2cnccc2NC1=O. The average Bonchev–Trinajstić information content (AvgIpc) is 3.07. The largest absolute Gasteiger partial charge is 0.324 e. The number of hydrogen-bond acceptors (Lipinski definition) is 6. The molecule has 26 heavy (non-hydrogen) atoms. The fraction of sp³-hybridized carbons (Fsp3) is 0.235. The molecule has 1 aliphatic heterocycles. The minimum absolute atomic E-state index is 0.160. The Labute approximate surface area is 152 Å². The smallest absolute Gasteiger partial charge is 0.262 e. The zero-order chi connectivity index (χ0) is 18.3. The number of anilines is 2. The molecule has 0 aromatic carbocycles. The van der Waals surface area contributed by atoms with Crippen LogP contribution >= 0.6 is 11.3 Å². The average molecular weight is 369 g/mol. The van der Waals surface area contributed by atoms with Crippen molar-refractivity contribution in [2.24, 2.45) is 5.92 Å². The maximum Gasteiger partial charge on any atom is 0.262 e. The maximum atomic E-state index is 12.9. The van der Waals surface area contributed by atoms with Crippen LogP contribution in [-0.4, -0.2) is 32.9 Å². The number of nitrogens with zero attached hydrogens (tertiary/aromatic N) is 4. The van der Waals surface area contributed by atoms with E-state index in [1.54, 1.807) is 30.6 Å². The molecule has 1 aliphatic rings. The van der Waals surface area contributed by atoms with Gasteiger partial charge in [-0.25, -0.2) is 4.98 Å². The van der Waals surface area contributed by atoms with E-state index in [1.807, 2.05) is 0 Å². The van der Waals surface area contributed by atoms with Crippen molar-refractivity contribution in [2.45, 2.75) is 13.5 Å². The number of thiophene rings is 1. The van der Waals surface area contributed by atoms with Gasteiger partial charge in [0.25, 0.3) is 5.56 Å². The van der Waals surface area contributed by atoms with Crippen molar-refractivity contribution in [1.29, 1.82) is 0 Å². The first kappa shape index (κ1) is 16.4. The second kappa shape index (κ2) is 6.34. The van der Waals surface area contributed by atoms with E-state index in [1.165, 1.54) is 33.3 Å². The lowest BCUT2D eigenvalue weighted by Gasteiger charge is -2.23. The van der Waals surface area contributed by atoms with Crippen LogP contribution in [0.4, 0.5) is 11.4 Å².